The molecule has 0 bridgehead atoms. The fourth-order valence-corrected chi connectivity index (χ4v) is 4.69. The second-order valence-electron chi connectivity index (χ2n) is 7.97. The van der Waals surface area contributed by atoms with Crippen molar-refractivity contribution in [1.82, 2.24) is 14.8 Å². The second kappa shape index (κ2) is 6.93. The molecule has 1 aromatic carbocycles. The zero-order chi connectivity index (χ0) is 19.0. The number of nitrogens with zero attached hydrogens (tertiary/aromatic N) is 3. The van der Waals surface area contributed by atoms with Crippen LogP contribution in [0.5, 0.6) is 0 Å². The largest absolute Gasteiger partial charge is 0.480 e. The Morgan fingerprint density at radius 2 is 1.96 bits per heavy atom. The molecule has 0 aliphatic carbocycles. The van der Waals surface area contributed by atoms with E-state index in [1.54, 1.807) is 4.90 Å². The van der Waals surface area contributed by atoms with Crippen molar-refractivity contribution in [1.29, 1.82) is 0 Å². The molecule has 1 aromatic heterocycles. The van der Waals surface area contributed by atoms with Crippen LogP contribution in [0.15, 0.2) is 36.5 Å². The minimum atomic E-state index is -0.882. The van der Waals surface area contributed by atoms with Crippen LogP contribution >= 0.6 is 0 Å². The summed E-state index contributed by atoms with van der Waals surface area (Å²) in [7, 11) is 0. The number of carbonyl (C=O) groups excluding carboxylic acids is 1. The molecular formula is C21H25N3O3. The molecule has 1 spiro atoms. The van der Waals surface area contributed by atoms with Gasteiger partial charge >= 0.3 is 5.97 Å². The summed E-state index contributed by atoms with van der Waals surface area (Å²) < 4.78 is 0. The van der Waals surface area contributed by atoms with Crippen molar-refractivity contribution < 1.29 is 14.7 Å². The molecule has 3 heterocycles. The fraction of sp³-hybridized carbons (Fsp3) is 0.476. The lowest BCUT2D eigenvalue weighted by atomic mass is 9.76. The van der Waals surface area contributed by atoms with Crippen molar-refractivity contribution >= 4 is 22.8 Å². The third kappa shape index (κ3) is 3.41. The maximum Gasteiger partial charge on any atom is 0.326 e. The minimum absolute atomic E-state index is 0.0501. The van der Waals surface area contributed by atoms with E-state index in [-0.39, 0.29) is 11.3 Å². The van der Waals surface area contributed by atoms with E-state index < -0.39 is 12.0 Å². The van der Waals surface area contributed by atoms with Crippen LogP contribution in [0.2, 0.25) is 0 Å². The predicted molar refractivity (Wildman–Crippen MR) is 102 cm³/mol. The van der Waals surface area contributed by atoms with E-state index in [1.807, 2.05) is 24.4 Å². The Morgan fingerprint density at radius 1 is 1.22 bits per heavy atom. The minimum Gasteiger partial charge on any atom is -0.480 e. The van der Waals surface area contributed by atoms with Gasteiger partial charge in [-0.15, -0.1) is 0 Å². The molecule has 2 aromatic rings. The number of carboxylic acids is 1. The fourth-order valence-electron chi connectivity index (χ4n) is 4.69. The molecule has 27 heavy (non-hydrogen) atoms. The molecule has 142 valence electrons. The number of carboxylic acid groups (broad SMARTS) is 1. The Balaban J connectivity index is 1.45. The normalized spacial score (nSPS) is 22.4. The second-order valence-corrected chi connectivity index (χ2v) is 7.97. The molecule has 2 fully saturated rings. The van der Waals surface area contributed by atoms with E-state index in [1.165, 1.54) is 17.9 Å². The lowest BCUT2D eigenvalue weighted by Gasteiger charge is -2.39. The Hall–Kier alpha value is -2.47. The highest BCUT2D eigenvalue weighted by molar-refractivity contribution is 5.83. The van der Waals surface area contributed by atoms with Crippen LogP contribution in [-0.2, 0) is 16.1 Å². The number of amides is 1. The number of hydrogen-bond donors (Lipinski definition) is 1. The SMILES string of the molecule is CC(=O)N1CC2(CCN(Cc3ccnc4ccccc34)CC2)CC1C(=O)O. The standard InChI is InChI=1S/C21H25N3O3/c1-15(25)24-14-21(12-19(24)20(26)27)7-10-23(11-8-21)13-16-6-9-22-18-5-3-2-4-17(16)18/h2-6,9,19H,7-8,10-14H2,1H3,(H,26,27). The molecule has 2 aliphatic heterocycles. The summed E-state index contributed by atoms with van der Waals surface area (Å²) in [5.41, 5.74) is 2.24. The molecule has 2 aliphatic rings. The van der Waals surface area contributed by atoms with Crippen molar-refractivity contribution in [3.05, 3.63) is 42.1 Å². The number of likely N-dealkylation sites (tertiary alicyclic amines) is 2. The Kier molecular flexibility index (Phi) is 4.60. The highest BCUT2D eigenvalue weighted by Crippen LogP contribution is 2.43. The number of rotatable bonds is 3. The third-order valence-electron chi connectivity index (χ3n) is 6.25. The van der Waals surface area contributed by atoms with Gasteiger partial charge in [0.1, 0.15) is 6.04 Å². The van der Waals surface area contributed by atoms with Crippen molar-refractivity contribution in [3.63, 3.8) is 0 Å². The van der Waals surface area contributed by atoms with Crippen molar-refractivity contribution in [2.45, 2.75) is 38.8 Å². The molecular weight excluding hydrogens is 342 g/mol. The van der Waals surface area contributed by atoms with Gasteiger partial charge < -0.3 is 10.0 Å². The zero-order valence-electron chi connectivity index (χ0n) is 15.6. The average Bonchev–Trinajstić information content (AvgIpc) is 3.04. The first-order valence-electron chi connectivity index (χ1n) is 9.52. The molecule has 0 saturated carbocycles. The van der Waals surface area contributed by atoms with Crippen molar-refractivity contribution in [2.75, 3.05) is 19.6 Å². The molecule has 1 unspecified atom stereocenters. The number of benzene rings is 1. The average molecular weight is 367 g/mol. The lowest BCUT2D eigenvalue weighted by Crippen LogP contribution is -2.42. The van der Waals surface area contributed by atoms with Crippen LogP contribution in [0.3, 0.4) is 0 Å². The molecule has 1 N–H and O–H groups in total. The van der Waals surface area contributed by atoms with E-state index in [2.05, 4.69) is 22.0 Å². The number of carbonyl (C=O) groups is 2. The van der Waals surface area contributed by atoms with Crippen LogP contribution in [0, 0.1) is 5.41 Å². The van der Waals surface area contributed by atoms with Gasteiger partial charge in [0, 0.05) is 31.6 Å². The topological polar surface area (TPSA) is 73.7 Å². The summed E-state index contributed by atoms with van der Waals surface area (Å²) in [5.74, 6) is -1.02. The van der Waals surface area contributed by atoms with Crippen LogP contribution in [0.1, 0.15) is 31.7 Å². The molecule has 1 atom stereocenters. The number of hydrogen-bond acceptors (Lipinski definition) is 4. The summed E-state index contributed by atoms with van der Waals surface area (Å²) in [6, 6.07) is 9.61. The summed E-state index contributed by atoms with van der Waals surface area (Å²) in [6.45, 7) is 4.77. The first kappa shape index (κ1) is 17.9. The van der Waals surface area contributed by atoms with Gasteiger partial charge in [-0.1, -0.05) is 18.2 Å². The molecule has 4 rings (SSSR count). The monoisotopic (exact) mass is 367 g/mol. The number of pyridine rings is 1. The summed E-state index contributed by atoms with van der Waals surface area (Å²) in [5, 5.41) is 10.7. The lowest BCUT2D eigenvalue weighted by molar-refractivity contribution is -0.147. The smallest absolute Gasteiger partial charge is 0.326 e. The number of para-hydroxylation sites is 1. The van der Waals surface area contributed by atoms with Gasteiger partial charge in [0.25, 0.3) is 0 Å². The summed E-state index contributed by atoms with van der Waals surface area (Å²) >= 11 is 0. The van der Waals surface area contributed by atoms with Gasteiger partial charge in [0.15, 0.2) is 0 Å². The zero-order valence-corrected chi connectivity index (χ0v) is 15.6. The van der Waals surface area contributed by atoms with Crippen LogP contribution in [-0.4, -0.2) is 57.4 Å². The van der Waals surface area contributed by atoms with Gasteiger partial charge in [-0.2, -0.15) is 0 Å². The Labute approximate surface area is 158 Å². The highest BCUT2D eigenvalue weighted by atomic mass is 16.4. The number of piperidine rings is 1. The summed E-state index contributed by atoms with van der Waals surface area (Å²) in [4.78, 5) is 31.8. The number of aliphatic carboxylic acids is 1. The molecule has 6 heteroatoms. The predicted octanol–water partition coefficient (Wildman–Crippen LogP) is 2.52. The van der Waals surface area contributed by atoms with E-state index in [4.69, 9.17) is 0 Å². The molecule has 6 nitrogen and oxygen atoms in total. The first-order valence-corrected chi connectivity index (χ1v) is 9.52. The molecule has 0 radical (unpaired) electrons. The molecule has 1 amide bonds. The van der Waals surface area contributed by atoms with Crippen molar-refractivity contribution in [3.8, 4) is 0 Å². The Bertz CT molecular complexity index is 845. The van der Waals surface area contributed by atoms with Gasteiger partial charge in [0.2, 0.25) is 5.91 Å². The van der Waals surface area contributed by atoms with Gasteiger partial charge in [-0.3, -0.25) is 14.7 Å². The molecule has 2 saturated heterocycles. The quantitative estimate of drug-likeness (QED) is 0.902. The number of fused-ring (bicyclic) bond motifs is 1. The maximum absolute atomic E-state index is 11.9. The van der Waals surface area contributed by atoms with Gasteiger partial charge in [-0.05, 0) is 55.5 Å². The van der Waals surface area contributed by atoms with E-state index in [0.29, 0.717) is 13.0 Å². The van der Waals surface area contributed by atoms with Crippen LogP contribution < -0.4 is 0 Å². The Morgan fingerprint density at radius 3 is 2.63 bits per heavy atom. The van der Waals surface area contributed by atoms with E-state index in [0.717, 1.165) is 38.0 Å². The van der Waals surface area contributed by atoms with Gasteiger partial charge in [0.05, 0.1) is 5.52 Å². The maximum atomic E-state index is 11.9. The summed E-state index contributed by atoms with van der Waals surface area (Å²) in [6.07, 6.45) is 4.31. The van der Waals surface area contributed by atoms with Crippen molar-refractivity contribution in [2.24, 2.45) is 5.41 Å². The van der Waals surface area contributed by atoms with Crippen LogP contribution in [0.25, 0.3) is 10.9 Å². The van der Waals surface area contributed by atoms with E-state index in [9.17, 15) is 14.7 Å². The van der Waals surface area contributed by atoms with Crippen LogP contribution in [0.4, 0.5) is 0 Å². The first-order chi connectivity index (χ1) is 13.0. The van der Waals surface area contributed by atoms with E-state index >= 15 is 0 Å². The number of aromatic nitrogens is 1. The third-order valence-corrected chi connectivity index (χ3v) is 6.25. The van der Waals surface area contributed by atoms with Gasteiger partial charge in [-0.25, -0.2) is 4.79 Å². The highest BCUT2D eigenvalue weighted by Gasteiger charge is 2.49.